The molecule has 0 aromatic rings. The fourth-order valence-corrected chi connectivity index (χ4v) is 1.72. The first-order valence-corrected chi connectivity index (χ1v) is 5.03. The summed E-state index contributed by atoms with van der Waals surface area (Å²) in [5, 5.41) is 1.08. The molecule has 2 nitrogen and oxygen atoms in total. The van der Waals surface area contributed by atoms with E-state index in [-0.39, 0.29) is 0 Å². The molecule has 0 aromatic carbocycles. The summed E-state index contributed by atoms with van der Waals surface area (Å²) < 4.78 is 0. The molecule has 0 saturated carbocycles. The number of rotatable bonds is 1. The maximum atomic E-state index is 4.44. The van der Waals surface area contributed by atoms with Crippen molar-refractivity contribution >= 4 is 17.6 Å². The summed E-state index contributed by atoms with van der Waals surface area (Å²) in [6.45, 7) is 8.05. The van der Waals surface area contributed by atoms with Gasteiger partial charge in [0.05, 0.1) is 0 Å². The highest BCUT2D eigenvalue weighted by molar-refractivity contribution is 8.02. The smallest absolute Gasteiger partial charge is 0.106 e. The summed E-state index contributed by atoms with van der Waals surface area (Å²) >= 11 is 1.67. The second kappa shape index (κ2) is 3.35. The lowest BCUT2D eigenvalue weighted by molar-refractivity contribution is 0.624. The van der Waals surface area contributed by atoms with Crippen molar-refractivity contribution in [3.05, 3.63) is 22.9 Å². The van der Waals surface area contributed by atoms with Crippen LogP contribution >= 0.6 is 11.8 Å². The largest absolute Gasteiger partial charge is 0.333 e. The number of hydrogen-bond donors (Lipinski definition) is 0. The molecule has 3 heteroatoms. The predicted molar refractivity (Wildman–Crippen MR) is 56.2 cm³/mol. The van der Waals surface area contributed by atoms with E-state index < -0.39 is 0 Å². The maximum Gasteiger partial charge on any atom is 0.106 e. The van der Waals surface area contributed by atoms with Crippen LogP contribution in [0.15, 0.2) is 27.9 Å². The van der Waals surface area contributed by atoms with Crippen molar-refractivity contribution in [3.63, 3.8) is 0 Å². The number of hydrogen-bond acceptors (Lipinski definition) is 3. The molecule has 0 radical (unpaired) electrons. The first-order chi connectivity index (χ1) is 5.57. The van der Waals surface area contributed by atoms with Crippen LogP contribution in [0, 0.1) is 0 Å². The monoisotopic (exact) mass is 182 g/mol. The van der Waals surface area contributed by atoms with Gasteiger partial charge in [0.2, 0.25) is 0 Å². The van der Waals surface area contributed by atoms with Crippen LogP contribution in [0.5, 0.6) is 0 Å². The van der Waals surface area contributed by atoms with Crippen LogP contribution < -0.4 is 0 Å². The Balaban J connectivity index is 3.10. The lowest BCUT2D eigenvalue weighted by atomic mass is 10.2. The molecule has 0 bridgehead atoms. The highest BCUT2D eigenvalue weighted by Gasteiger charge is 2.16. The molecule has 0 fully saturated rings. The van der Waals surface area contributed by atoms with E-state index >= 15 is 0 Å². The van der Waals surface area contributed by atoms with Gasteiger partial charge in [-0.2, -0.15) is 0 Å². The zero-order valence-electron chi connectivity index (χ0n) is 8.01. The Kier molecular flexibility index (Phi) is 2.62. The highest BCUT2D eigenvalue weighted by atomic mass is 32.2. The van der Waals surface area contributed by atoms with Gasteiger partial charge in [-0.15, -0.1) is 11.8 Å². The molecule has 66 valence electrons. The average Bonchev–Trinajstić information content (AvgIpc) is 2.08. The molecule has 1 heterocycles. The van der Waals surface area contributed by atoms with Gasteiger partial charge in [-0.3, -0.25) is 0 Å². The first kappa shape index (κ1) is 9.39. The van der Waals surface area contributed by atoms with Crippen molar-refractivity contribution < 1.29 is 0 Å². The summed E-state index contributed by atoms with van der Waals surface area (Å²) in [5.41, 5.74) is 2.22. The van der Waals surface area contributed by atoms with E-state index in [0.29, 0.717) is 0 Å². The van der Waals surface area contributed by atoms with Crippen LogP contribution in [0.4, 0.5) is 0 Å². The number of amidine groups is 1. The van der Waals surface area contributed by atoms with Crippen LogP contribution in [0.2, 0.25) is 0 Å². The fraction of sp³-hybridized carbons (Fsp3) is 0.444. The second-order valence-electron chi connectivity index (χ2n) is 2.80. The minimum atomic E-state index is 1.01. The Labute approximate surface area is 78.1 Å². The number of thioether (sulfide) groups is 1. The minimum absolute atomic E-state index is 1.01. The van der Waals surface area contributed by atoms with Gasteiger partial charge < -0.3 is 4.90 Å². The summed E-state index contributed by atoms with van der Waals surface area (Å²) in [7, 11) is 1.99. The zero-order chi connectivity index (χ0) is 9.30. The molecule has 0 atom stereocenters. The van der Waals surface area contributed by atoms with E-state index in [2.05, 4.69) is 18.5 Å². The molecule has 0 amide bonds. The summed E-state index contributed by atoms with van der Waals surface area (Å²) in [6, 6.07) is 0. The minimum Gasteiger partial charge on any atom is -0.333 e. The van der Waals surface area contributed by atoms with Gasteiger partial charge in [0, 0.05) is 18.3 Å². The Morgan fingerprint density at radius 2 is 2.00 bits per heavy atom. The first-order valence-electron chi connectivity index (χ1n) is 3.81. The fourth-order valence-electron chi connectivity index (χ4n) is 1.07. The molecule has 0 spiro atoms. The van der Waals surface area contributed by atoms with Crippen LogP contribution in [0.3, 0.4) is 0 Å². The normalized spacial score (nSPS) is 18.5. The van der Waals surface area contributed by atoms with Gasteiger partial charge in [-0.05, 0) is 20.1 Å². The Bertz CT molecular complexity index is 274. The molecule has 0 aromatic heterocycles. The van der Waals surface area contributed by atoms with Crippen LogP contribution in [0.1, 0.15) is 13.8 Å². The van der Waals surface area contributed by atoms with Gasteiger partial charge in [0.15, 0.2) is 0 Å². The Hall–Kier alpha value is -0.700. The van der Waals surface area contributed by atoms with Gasteiger partial charge in [-0.25, -0.2) is 4.99 Å². The number of nitrogens with zero attached hydrogens (tertiary/aromatic N) is 2. The lowest BCUT2D eigenvalue weighted by Gasteiger charge is -2.27. The predicted octanol–water partition coefficient (Wildman–Crippen LogP) is 2.46. The molecule has 1 rings (SSSR count). The van der Waals surface area contributed by atoms with Gasteiger partial charge in [-0.1, -0.05) is 6.58 Å². The topological polar surface area (TPSA) is 15.6 Å². The molecule has 0 unspecified atom stereocenters. The molecule has 0 aliphatic carbocycles. The molecule has 0 saturated heterocycles. The summed E-state index contributed by atoms with van der Waals surface area (Å²) in [5.74, 6) is 1.01. The second-order valence-corrected chi connectivity index (χ2v) is 3.59. The maximum absolute atomic E-state index is 4.44. The van der Waals surface area contributed by atoms with Crippen molar-refractivity contribution in [1.29, 1.82) is 0 Å². The number of allylic oxidation sites excluding steroid dienone is 1. The van der Waals surface area contributed by atoms with E-state index in [1.54, 1.807) is 11.8 Å². The quantitative estimate of drug-likeness (QED) is 0.619. The average molecular weight is 182 g/mol. The molecule has 12 heavy (non-hydrogen) atoms. The van der Waals surface area contributed by atoms with E-state index in [4.69, 9.17) is 0 Å². The van der Waals surface area contributed by atoms with Crippen LogP contribution in [-0.2, 0) is 0 Å². The standard InChI is InChI=1S/C9H14N2S/c1-6-7(2)11(4)8(3)10-9(6)12-5/h2H2,1,3-5H3. The third kappa shape index (κ3) is 1.41. The van der Waals surface area contributed by atoms with E-state index in [9.17, 15) is 0 Å². The van der Waals surface area contributed by atoms with Crippen molar-refractivity contribution in [1.82, 2.24) is 4.90 Å². The molecule has 0 N–H and O–H groups in total. The van der Waals surface area contributed by atoms with Crippen molar-refractivity contribution in [3.8, 4) is 0 Å². The third-order valence-corrected chi connectivity index (χ3v) is 2.88. The van der Waals surface area contributed by atoms with Gasteiger partial charge >= 0.3 is 0 Å². The molecule has 1 aliphatic heterocycles. The van der Waals surface area contributed by atoms with Gasteiger partial charge in [0.25, 0.3) is 0 Å². The van der Waals surface area contributed by atoms with E-state index in [0.717, 1.165) is 16.6 Å². The van der Waals surface area contributed by atoms with Crippen molar-refractivity contribution in [2.24, 2.45) is 4.99 Å². The SMILES string of the molecule is C=C1C(C)=C(SC)N=C(C)N1C. The summed E-state index contributed by atoms with van der Waals surface area (Å²) in [4.78, 5) is 6.45. The van der Waals surface area contributed by atoms with E-state index in [1.165, 1.54) is 5.57 Å². The summed E-state index contributed by atoms with van der Waals surface area (Å²) in [6.07, 6.45) is 2.04. The molecular weight excluding hydrogens is 168 g/mol. The number of likely N-dealkylation sites (N-methyl/N-ethyl adjacent to an activating group) is 1. The number of aliphatic imine (C=N–C) groups is 1. The third-order valence-electron chi connectivity index (χ3n) is 2.10. The molecule has 1 aliphatic rings. The molecular formula is C9H14N2S. The van der Waals surface area contributed by atoms with E-state index in [1.807, 2.05) is 25.1 Å². The van der Waals surface area contributed by atoms with Crippen LogP contribution in [0.25, 0.3) is 0 Å². The van der Waals surface area contributed by atoms with Crippen molar-refractivity contribution in [2.75, 3.05) is 13.3 Å². The Morgan fingerprint density at radius 1 is 1.42 bits per heavy atom. The highest BCUT2D eigenvalue weighted by Crippen LogP contribution is 2.28. The van der Waals surface area contributed by atoms with Crippen molar-refractivity contribution in [2.45, 2.75) is 13.8 Å². The van der Waals surface area contributed by atoms with Gasteiger partial charge in [0.1, 0.15) is 10.9 Å². The Morgan fingerprint density at radius 3 is 2.50 bits per heavy atom. The lowest BCUT2D eigenvalue weighted by Crippen LogP contribution is -2.26. The zero-order valence-corrected chi connectivity index (χ0v) is 8.83. The van der Waals surface area contributed by atoms with Crippen LogP contribution in [-0.4, -0.2) is 24.0 Å².